The predicted octanol–water partition coefficient (Wildman–Crippen LogP) is 3.87. The van der Waals surface area contributed by atoms with Crippen molar-refractivity contribution in [2.45, 2.75) is 6.92 Å². The van der Waals surface area contributed by atoms with E-state index in [2.05, 4.69) is 29.4 Å². The number of nitrogens with two attached hydrogens (primary N) is 1. The monoisotopic (exact) mass is 249 g/mol. The van der Waals surface area contributed by atoms with E-state index < -0.39 is 0 Å². The van der Waals surface area contributed by atoms with Crippen LogP contribution in [0.5, 0.6) is 0 Å². The average molecular weight is 249 g/mol. The summed E-state index contributed by atoms with van der Waals surface area (Å²) in [5.41, 5.74) is 10.8. The first-order valence-electron chi connectivity index (χ1n) is 6.21. The molecule has 0 aliphatic heterocycles. The third-order valence-corrected chi connectivity index (χ3v) is 3.13. The smallest absolute Gasteiger partial charge is 0.0746 e. The van der Waals surface area contributed by atoms with Gasteiger partial charge in [0.15, 0.2) is 0 Å². The van der Waals surface area contributed by atoms with E-state index in [1.807, 2.05) is 36.4 Å². The molecule has 3 N–H and O–H groups in total. The molecule has 0 bridgehead atoms. The maximum Gasteiger partial charge on any atom is 0.0746 e. The molecule has 0 atom stereocenters. The van der Waals surface area contributed by atoms with Crippen LogP contribution in [0.4, 0.5) is 17.1 Å². The van der Waals surface area contributed by atoms with Crippen LogP contribution in [0, 0.1) is 6.92 Å². The van der Waals surface area contributed by atoms with Gasteiger partial charge in [-0.15, -0.1) is 0 Å². The average Bonchev–Trinajstić information content (AvgIpc) is 2.44. The number of nitrogens with one attached hydrogen (secondary N) is 1. The minimum Gasteiger partial charge on any atom is -0.396 e. The molecule has 0 spiro atoms. The van der Waals surface area contributed by atoms with Crippen LogP contribution in [0.2, 0.25) is 0 Å². The summed E-state index contributed by atoms with van der Waals surface area (Å²) in [5, 5.41) is 4.41. The zero-order valence-corrected chi connectivity index (χ0v) is 10.7. The molecule has 19 heavy (non-hydrogen) atoms. The molecule has 2 aromatic carbocycles. The van der Waals surface area contributed by atoms with Crippen molar-refractivity contribution in [3.8, 4) is 0 Å². The molecule has 0 aliphatic rings. The Morgan fingerprint density at radius 2 is 1.74 bits per heavy atom. The lowest BCUT2D eigenvalue weighted by Crippen LogP contribution is -1.98. The van der Waals surface area contributed by atoms with Crippen LogP contribution in [-0.2, 0) is 0 Å². The summed E-state index contributed by atoms with van der Waals surface area (Å²) in [6, 6.07) is 16.2. The molecule has 0 saturated carbocycles. The number of nitrogen functional groups attached to an aromatic ring is 1. The van der Waals surface area contributed by atoms with Gasteiger partial charge in [-0.25, -0.2) is 0 Å². The van der Waals surface area contributed by atoms with Crippen LogP contribution < -0.4 is 11.1 Å². The van der Waals surface area contributed by atoms with Gasteiger partial charge in [-0.05, 0) is 25.1 Å². The van der Waals surface area contributed by atoms with E-state index in [1.54, 1.807) is 6.20 Å². The van der Waals surface area contributed by atoms with Crippen LogP contribution in [-0.4, -0.2) is 4.98 Å². The highest BCUT2D eigenvalue weighted by atomic mass is 14.9. The van der Waals surface area contributed by atoms with Crippen molar-refractivity contribution in [2.75, 3.05) is 11.1 Å². The molecular weight excluding hydrogens is 234 g/mol. The van der Waals surface area contributed by atoms with Gasteiger partial charge in [-0.2, -0.15) is 0 Å². The molecular formula is C16H15N3. The van der Waals surface area contributed by atoms with Crippen molar-refractivity contribution in [3.63, 3.8) is 0 Å². The van der Waals surface area contributed by atoms with Crippen LogP contribution >= 0.6 is 0 Å². The third-order valence-electron chi connectivity index (χ3n) is 3.13. The first kappa shape index (κ1) is 11.5. The van der Waals surface area contributed by atoms with Gasteiger partial charge in [-0.3, -0.25) is 4.98 Å². The zero-order chi connectivity index (χ0) is 13.2. The summed E-state index contributed by atoms with van der Waals surface area (Å²) in [4.78, 5) is 4.33. The molecule has 94 valence electrons. The molecule has 0 saturated heterocycles. The maximum absolute atomic E-state index is 6.04. The lowest BCUT2D eigenvalue weighted by molar-refractivity contribution is 1.40. The first-order valence-corrected chi connectivity index (χ1v) is 6.21. The minimum absolute atomic E-state index is 0.652. The van der Waals surface area contributed by atoms with Crippen molar-refractivity contribution >= 4 is 28.0 Å². The molecule has 3 rings (SSSR count). The van der Waals surface area contributed by atoms with Crippen LogP contribution in [0.25, 0.3) is 10.9 Å². The van der Waals surface area contributed by atoms with Gasteiger partial charge in [0.2, 0.25) is 0 Å². The number of aromatic nitrogens is 1. The number of rotatable bonds is 2. The molecule has 0 aliphatic carbocycles. The third kappa shape index (κ3) is 2.22. The Labute approximate surface area is 112 Å². The molecule has 0 fully saturated rings. The summed E-state index contributed by atoms with van der Waals surface area (Å²) in [7, 11) is 0. The van der Waals surface area contributed by atoms with E-state index in [-0.39, 0.29) is 0 Å². The largest absolute Gasteiger partial charge is 0.396 e. The number of aryl methyl sites for hydroxylation is 1. The SMILES string of the molecule is Cc1ccc(Nc2c(N)cnc3ccccc23)cc1. The summed E-state index contributed by atoms with van der Waals surface area (Å²) in [6.07, 6.45) is 1.69. The van der Waals surface area contributed by atoms with E-state index in [9.17, 15) is 0 Å². The summed E-state index contributed by atoms with van der Waals surface area (Å²) >= 11 is 0. The van der Waals surface area contributed by atoms with Crippen LogP contribution in [0.1, 0.15) is 5.56 Å². The summed E-state index contributed by atoms with van der Waals surface area (Å²) < 4.78 is 0. The Kier molecular flexibility index (Phi) is 2.80. The van der Waals surface area contributed by atoms with E-state index in [4.69, 9.17) is 5.73 Å². The van der Waals surface area contributed by atoms with Gasteiger partial charge in [-0.1, -0.05) is 35.9 Å². The molecule has 0 unspecified atom stereocenters. The number of anilines is 3. The van der Waals surface area contributed by atoms with Gasteiger partial charge < -0.3 is 11.1 Å². The minimum atomic E-state index is 0.652. The number of benzene rings is 2. The Morgan fingerprint density at radius 3 is 2.53 bits per heavy atom. The summed E-state index contributed by atoms with van der Waals surface area (Å²) in [6.45, 7) is 2.07. The second kappa shape index (κ2) is 4.61. The van der Waals surface area contributed by atoms with Crippen molar-refractivity contribution in [3.05, 3.63) is 60.3 Å². The highest BCUT2D eigenvalue weighted by molar-refractivity contribution is 5.98. The van der Waals surface area contributed by atoms with E-state index >= 15 is 0 Å². The van der Waals surface area contributed by atoms with E-state index in [0.717, 1.165) is 22.3 Å². The lowest BCUT2D eigenvalue weighted by atomic mass is 10.1. The topological polar surface area (TPSA) is 50.9 Å². The quantitative estimate of drug-likeness (QED) is 0.725. The number of pyridine rings is 1. The molecule has 3 heteroatoms. The fourth-order valence-electron chi connectivity index (χ4n) is 2.08. The van der Waals surface area contributed by atoms with Crippen LogP contribution in [0.3, 0.4) is 0 Å². The van der Waals surface area contributed by atoms with E-state index in [0.29, 0.717) is 5.69 Å². The highest BCUT2D eigenvalue weighted by Gasteiger charge is 2.06. The molecule has 0 radical (unpaired) electrons. The molecule has 3 aromatic rings. The lowest BCUT2D eigenvalue weighted by Gasteiger charge is -2.12. The number of hydrogen-bond acceptors (Lipinski definition) is 3. The van der Waals surface area contributed by atoms with E-state index in [1.165, 1.54) is 5.56 Å². The maximum atomic E-state index is 6.04. The van der Waals surface area contributed by atoms with Gasteiger partial charge in [0, 0.05) is 11.1 Å². The van der Waals surface area contributed by atoms with Gasteiger partial charge in [0.25, 0.3) is 0 Å². The summed E-state index contributed by atoms with van der Waals surface area (Å²) in [5.74, 6) is 0. The van der Waals surface area contributed by atoms with Crippen LogP contribution in [0.15, 0.2) is 54.7 Å². The molecule has 3 nitrogen and oxygen atoms in total. The fourth-order valence-corrected chi connectivity index (χ4v) is 2.08. The van der Waals surface area contributed by atoms with Gasteiger partial charge in [0.05, 0.1) is 23.1 Å². The number of para-hydroxylation sites is 1. The fraction of sp³-hybridized carbons (Fsp3) is 0.0625. The Hall–Kier alpha value is -2.55. The highest BCUT2D eigenvalue weighted by Crippen LogP contribution is 2.30. The molecule has 1 aromatic heterocycles. The molecule has 1 heterocycles. The number of fused-ring (bicyclic) bond motifs is 1. The van der Waals surface area contributed by atoms with Crippen molar-refractivity contribution in [1.29, 1.82) is 0 Å². The van der Waals surface area contributed by atoms with Crippen molar-refractivity contribution in [1.82, 2.24) is 4.98 Å². The second-order valence-electron chi connectivity index (χ2n) is 4.60. The Balaban J connectivity index is 2.09. The normalized spacial score (nSPS) is 10.6. The zero-order valence-electron chi connectivity index (χ0n) is 10.7. The first-order chi connectivity index (χ1) is 9.24. The Morgan fingerprint density at radius 1 is 1.00 bits per heavy atom. The van der Waals surface area contributed by atoms with Gasteiger partial charge >= 0.3 is 0 Å². The van der Waals surface area contributed by atoms with Crippen molar-refractivity contribution < 1.29 is 0 Å². The number of hydrogen-bond donors (Lipinski definition) is 2. The number of nitrogens with zero attached hydrogens (tertiary/aromatic N) is 1. The Bertz CT molecular complexity index is 718. The predicted molar refractivity (Wildman–Crippen MR) is 80.6 cm³/mol. The molecule has 0 amide bonds. The standard InChI is InChI=1S/C16H15N3/c1-11-6-8-12(9-7-11)19-16-13-4-2-3-5-15(13)18-10-14(16)17/h2-10H,17H2,1H3,(H,18,19). The van der Waals surface area contributed by atoms with Crippen molar-refractivity contribution in [2.24, 2.45) is 0 Å². The second-order valence-corrected chi connectivity index (χ2v) is 4.60. The van der Waals surface area contributed by atoms with Gasteiger partial charge in [0.1, 0.15) is 0 Å².